The van der Waals surface area contributed by atoms with E-state index in [1.54, 1.807) is 32.0 Å². The number of nitrogens with zero attached hydrogens (tertiary/aromatic N) is 3. The van der Waals surface area contributed by atoms with Gasteiger partial charge in [-0.15, -0.1) is 0 Å². The van der Waals surface area contributed by atoms with E-state index in [0.717, 1.165) is 0 Å². The highest BCUT2D eigenvalue weighted by atomic mass is 16.6. The Balaban J connectivity index is 2.50. The predicted molar refractivity (Wildman–Crippen MR) is 63.6 cm³/mol. The van der Waals surface area contributed by atoms with E-state index in [1.165, 1.54) is 6.07 Å². The number of nitro groups is 1. The van der Waals surface area contributed by atoms with Crippen molar-refractivity contribution in [1.82, 2.24) is 10.1 Å². The standard InChI is InChI=1S/C11H12N4O3/c1-11(2,12)10-13-9(14-18-10)7-5-3-4-6-8(7)15(16)17/h3-6H,12H2,1-2H3. The molecule has 0 fully saturated rings. The first kappa shape index (κ1) is 12.2. The second-order valence-electron chi connectivity index (χ2n) is 4.42. The molecule has 18 heavy (non-hydrogen) atoms. The van der Waals surface area contributed by atoms with Gasteiger partial charge in [0.1, 0.15) is 5.56 Å². The Kier molecular flexibility index (Phi) is 2.84. The zero-order valence-corrected chi connectivity index (χ0v) is 9.95. The molecule has 0 saturated heterocycles. The van der Waals surface area contributed by atoms with Crippen LogP contribution in [0.5, 0.6) is 0 Å². The van der Waals surface area contributed by atoms with Crippen LogP contribution in [-0.2, 0) is 5.54 Å². The normalized spacial score (nSPS) is 11.5. The summed E-state index contributed by atoms with van der Waals surface area (Å²) in [6, 6.07) is 6.21. The van der Waals surface area contributed by atoms with Crippen molar-refractivity contribution in [3.8, 4) is 11.4 Å². The lowest BCUT2D eigenvalue weighted by atomic mass is 10.1. The summed E-state index contributed by atoms with van der Waals surface area (Å²) >= 11 is 0. The summed E-state index contributed by atoms with van der Waals surface area (Å²) in [6.07, 6.45) is 0. The summed E-state index contributed by atoms with van der Waals surface area (Å²) in [4.78, 5) is 14.5. The molecule has 2 N–H and O–H groups in total. The van der Waals surface area contributed by atoms with E-state index in [-0.39, 0.29) is 17.4 Å². The van der Waals surface area contributed by atoms with Gasteiger partial charge in [-0.25, -0.2) is 0 Å². The van der Waals surface area contributed by atoms with Crippen molar-refractivity contribution in [1.29, 1.82) is 0 Å². The molecule has 0 saturated carbocycles. The molecular weight excluding hydrogens is 236 g/mol. The largest absolute Gasteiger partial charge is 0.337 e. The van der Waals surface area contributed by atoms with Crippen LogP contribution in [0.2, 0.25) is 0 Å². The highest BCUT2D eigenvalue weighted by molar-refractivity contribution is 5.67. The highest BCUT2D eigenvalue weighted by Crippen LogP contribution is 2.28. The molecule has 94 valence electrons. The second kappa shape index (κ2) is 4.19. The molecule has 1 aromatic heterocycles. The van der Waals surface area contributed by atoms with Gasteiger partial charge in [0.15, 0.2) is 0 Å². The van der Waals surface area contributed by atoms with Crippen LogP contribution in [0.25, 0.3) is 11.4 Å². The SMILES string of the molecule is CC(C)(N)c1nc(-c2ccccc2[N+](=O)[O-])no1. The first-order valence-corrected chi connectivity index (χ1v) is 5.26. The van der Waals surface area contributed by atoms with Crippen molar-refractivity contribution in [2.24, 2.45) is 5.73 Å². The first-order valence-electron chi connectivity index (χ1n) is 5.26. The maximum Gasteiger partial charge on any atom is 0.280 e. The van der Waals surface area contributed by atoms with Gasteiger partial charge in [-0.2, -0.15) is 4.98 Å². The number of hydrogen-bond donors (Lipinski definition) is 1. The minimum atomic E-state index is -0.783. The van der Waals surface area contributed by atoms with Crippen molar-refractivity contribution in [3.05, 3.63) is 40.3 Å². The van der Waals surface area contributed by atoms with Gasteiger partial charge in [0.05, 0.1) is 10.5 Å². The van der Waals surface area contributed by atoms with Gasteiger partial charge >= 0.3 is 0 Å². The molecule has 0 spiro atoms. The van der Waals surface area contributed by atoms with Crippen LogP contribution in [0.4, 0.5) is 5.69 Å². The lowest BCUT2D eigenvalue weighted by Gasteiger charge is -2.10. The summed E-state index contributed by atoms with van der Waals surface area (Å²) < 4.78 is 5.01. The number of nitrogens with two attached hydrogens (primary N) is 1. The fourth-order valence-corrected chi connectivity index (χ4v) is 1.42. The van der Waals surface area contributed by atoms with Crippen molar-refractivity contribution < 1.29 is 9.45 Å². The van der Waals surface area contributed by atoms with Gasteiger partial charge in [-0.1, -0.05) is 17.3 Å². The number of nitro benzene ring substituents is 1. The number of benzene rings is 1. The molecule has 0 bridgehead atoms. The molecule has 7 heteroatoms. The summed E-state index contributed by atoms with van der Waals surface area (Å²) in [6.45, 7) is 3.42. The lowest BCUT2D eigenvalue weighted by molar-refractivity contribution is -0.384. The van der Waals surface area contributed by atoms with E-state index < -0.39 is 10.5 Å². The van der Waals surface area contributed by atoms with E-state index >= 15 is 0 Å². The van der Waals surface area contributed by atoms with E-state index in [0.29, 0.717) is 5.56 Å². The zero-order chi connectivity index (χ0) is 13.3. The summed E-state index contributed by atoms with van der Waals surface area (Å²) in [5, 5.41) is 14.6. The molecule has 0 amide bonds. The third-order valence-electron chi connectivity index (χ3n) is 2.32. The van der Waals surface area contributed by atoms with Crippen LogP contribution in [0.15, 0.2) is 28.8 Å². The Morgan fingerprint density at radius 3 is 2.61 bits per heavy atom. The van der Waals surface area contributed by atoms with Crippen molar-refractivity contribution in [2.75, 3.05) is 0 Å². The molecule has 0 aliphatic rings. The summed E-state index contributed by atoms with van der Waals surface area (Å²) in [5.41, 5.74) is 5.27. The maximum absolute atomic E-state index is 10.9. The molecule has 2 rings (SSSR count). The van der Waals surface area contributed by atoms with E-state index in [9.17, 15) is 10.1 Å². The Morgan fingerprint density at radius 2 is 2.06 bits per heavy atom. The molecule has 2 aromatic rings. The molecule has 7 nitrogen and oxygen atoms in total. The second-order valence-corrected chi connectivity index (χ2v) is 4.42. The topological polar surface area (TPSA) is 108 Å². The molecule has 0 aliphatic carbocycles. The fraction of sp³-hybridized carbons (Fsp3) is 0.273. The van der Waals surface area contributed by atoms with Gasteiger partial charge in [-0.3, -0.25) is 10.1 Å². The van der Waals surface area contributed by atoms with Crippen molar-refractivity contribution in [3.63, 3.8) is 0 Å². The molecule has 0 atom stereocenters. The van der Waals surface area contributed by atoms with Crippen molar-refractivity contribution in [2.45, 2.75) is 19.4 Å². The quantitative estimate of drug-likeness (QED) is 0.655. The highest BCUT2D eigenvalue weighted by Gasteiger charge is 2.25. The average molecular weight is 248 g/mol. The Morgan fingerprint density at radius 1 is 1.39 bits per heavy atom. The van der Waals surface area contributed by atoms with Crippen LogP contribution in [0, 0.1) is 10.1 Å². The smallest absolute Gasteiger partial charge is 0.280 e. The Hall–Kier alpha value is -2.28. The first-order chi connectivity index (χ1) is 8.39. The van der Waals surface area contributed by atoms with Gasteiger partial charge in [-0.05, 0) is 19.9 Å². The van der Waals surface area contributed by atoms with E-state index in [4.69, 9.17) is 10.3 Å². The number of rotatable bonds is 3. The van der Waals surface area contributed by atoms with Gasteiger partial charge < -0.3 is 10.3 Å². The van der Waals surface area contributed by atoms with Gasteiger partial charge in [0.25, 0.3) is 5.69 Å². The van der Waals surface area contributed by atoms with E-state index in [1.807, 2.05) is 0 Å². The predicted octanol–water partition coefficient (Wildman–Crippen LogP) is 1.84. The Labute approximate surface area is 103 Å². The van der Waals surface area contributed by atoms with Gasteiger partial charge in [0.2, 0.25) is 11.7 Å². The van der Waals surface area contributed by atoms with Gasteiger partial charge in [0, 0.05) is 6.07 Å². The monoisotopic (exact) mass is 248 g/mol. The number of para-hydroxylation sites is 1. The third kappa shape index (κ3) is 2.21. The van der Waals surface area contributed by atoms with E-state index in [2.05, 4.69) is 10.1 Å². The fourth-order valence-electron chi connectivity index (χ4n) is 1.42. The number of aromatic nitrogens is 2. The number of hydrogen-bond acceptors (Lipinski definition) is 6. The summed E-state index contributed by atoms with van der Waals surface area (Å²) in [5.74, 6) is 0.395. The van der Waals surface area contributed by atoms with Crippen molar-refractivity contribution >= 4 is 5.69 Å². The van der Waals surface area contributed by atoms with Crippen LogP contribution in [0.3, 0.4) is 0 Å². The van der Waals surface area contributed by atoms with Crippen LogP contribution < -0.4 is 5.73 Å². The molecule has 0 radical (unpaired) electrons. The molecule has 1 aromatic carbocycles. The van der Waals surface area contributed by atoms with Crippen LogP contribution in [0.1, 0.15) is 19.7 Å². The van der Waals surface area contributed by atoms with Crippen LogP contribution in [-0.4, -0.2) is 15.1 Å². The lowest BCUT2D eigenvalue weighted by Crippen LogP contribution is -2.28. The molecule has 0 aliphatic heterocycles. The molecule has 0 unspecified atom stereocenters. The summed E-state index contributed by atoms with van der Waals surface area (Å²) in [7, 11) is 0. The molecular formula is C11H12N4O3. The van der Waals surface area contributed by atoms with Crippen LogP contribution >= 0.6 is 0 Å². The zero-order valence-electron chi connectivity index (χ0n) is 9.95. The molecule has 1 heterocycles. The Bertz CT molecular complexity index is 586. The maximum atomic E-state index is 10.9. The third-order valence-corrected chi connectivity index (χ3v) is 2.32. The minimum absolute atomic E-state index is 0.0697. The minimum Gasteiger partial charge on any atom is -0.337 e. The average Bonchev–Trinajstić information content (AvgIpc) is 2.77.